The number of hydrogen-bond acceptors (Lipinski definition) is 4. The van der Waals surface area contributed by atoms with E-state index in [2.05, 4.69) is 41.1 Å². The Kier molecular flexibility index (Phi) is 7.01. The van der Waals surface area contributed by atoms with Crippen molar-refractivity contribution in [1.29, 1.82) is 0 Å². The normalized spacial score (nSPS) is 24.2. The fourth-order valence-corrected chi connectivity index (χ4v) is 5.60. The maximum Gasteiger partial charge on any atom is 0.228 e. The molecule has 2 unspecified atom stereocenters. The van der Waals surface area contributed by atoms with Crippen molar-refractivity contribution in [3.63, 3.8) is 0 Å². The number of pyridine rings is 1. The van der Waals surface area contributed by atoms with Gasteiger partial charge in [0.2, 0.25) is 17.7 Å². The average Bonchev–Trinajstić information content (AvgIpc) is 3.66. The van der Waals surface area contributed by atoms with Crippen LogP contribution in [0.5, 0.6) is 5.88 Å². The lowest BCUT2D eigenvalue weighted by molar-refractivity contribution is -0.144. The first kappa shape index (κ1) is 24.1. The molecule has 2 amide bonds. The minimum Gasteiger partial charge on any atom is -0.477 e. The van der Waals surface area contributed by atoms with Crippen molar-refractivity contribution in [2.75, 3.05) is 32.8 Å². The fraction of sp³-hybridized carbons (Fsp3) is 0.536. The number of likely N-dealkylation sites (tertiary alicyclic amines) is 2. The second-order valence-electron chi connectivity index (χ2n) is 10.6. The Morgan fingerprint density at radius 1 is 1.03 bits per heavy atom. The van der Waals surface area contributed by atoms with Crippen LogP contribution < -0.4 is 4.74 Å². The number of aromatic nitrogens is 1. The monoisotopic (exact) mass is 495 g/mol. The molecule has 0 bridgehead atoms. The molecule has 35 heavy (non-hydrogen) atoms. The predicted molar refractivity (Wildman–Crippen MR) is 135 cm³/mol. The van der Waals surface area contributed by atoms with E-state index in [1.54, 1.807) is 18.3 Å². The largest absolute Gasteiger partial charge is 0.477 e. The molecule has 7 heteroatoms. The third-order valence-corrected chi connectivity index (χ3v) is 8.31. The summed E-state index contributed by atoms with van der Waals surface area (Å²) in [4.78, 5) is 34.5. The highest BCUT2D eigenvalue weighted by Crippen LogP contribution is 2.47. The van der Waals surface area contributed by atoms with E-state index in [4.69, 9.17) is 16.3 Å². The van der Waals surface area contributed by atoms with E-state index < -0.39 is 0 Å². The molecule has 0 radical (unpaired) electrons. The molecule has 2 aliphatic heterocycles. The molecule has 3 fully saturated rings. The van der Waals surface area contributed by atoms with Gasteiger partial charge in [-0.1, -0.05) is 48.9 Å². The summed E-state index contributed by atoms with van der Waals surface area (Å²) >= 11 is 5.94. The van der Waals surface area contributed by atoms with Gasteiger partial charge in [0.1, 0.15) is 0 Å². The molecule has 2 atom stereocenters. The van der Waals surface area contributed by atoms with Crippen molar-refractivity contribution in [3.8, 4) is 5.88 Å². The minimum absolute atomic E-state index is 0.00792. The maximum atomic E-state index is 13.5. The molecule has 6 nitrogen and oxygen atoms in total. The van der Waals surface area contributed by atoms with Crippen molar-refractivity contribution in [2.24, 2.45) is 17.3 Å². The van der Waals surface area contributed by atoms with Crippen LogP contribution >= 0.6 is 11.6 Å². The molecular weight excluding hydrogens is 462 g/mol. The lowest BCUT2D eigenvalue weighted by Crippen LogP contribution is -2.49. The summed E-state index contributed by atoms with van der Waals surface area (Å²) in [6.45, 7) is 5.45. The van der Waals surface area contributed by atoms with Crippen LogP contribution in [0.2, 0.25) is 5.02 Å². The van der Waals surface area contributed by atoms with Crippen LogP contribution in [0, 0.1) is 17.3 Å². The predicted octanol–water partition coefficient (Wildman–Crippen LogP) is 4.78. The van der Waals surface area contributed by atoms with Gasteiger partial charge in [-0.3, -0.25) is 9.59 Å². The van der Waals surface area contributed by atoms with Crippen LogP contribution in [0.3, 0.4) is 0 Å². The van der Waals surface area contributed by atoms with Gasteiger partial charge in [-0.25, -0.2) is 4.98 Å². The number of ether oxygens (including phenoxy) is 1. The van der Waals surface area contributed by atoms with Gasteiger partial charge in [0.05, 0.1) is 11.6 Å². The van der Waals surface area contributed by atoms with E-state index in [0.29, 0.717) is 37.1 Å². The van der Waals surface area contributed by atoms with Crippen LogP contribution in [0.15, 0.2) is 48.7 Å². The molecule has 0 spiro atoms. The van der Waals surface area contributed by atoms with Gasteiger partial charge in [-0.2, -0.15) is 0 Å². The van der Waals surface area contributed by atoms with Crippen molar-refractivity contribution in [2.45, 2.75) is 44.9 Å². The maximum absolute atomic E-state index is 13.5. The molecule has 1 aromatic carbocycles. The highest BCUT2D eigenvalue weighted by molar-refractivity contribution is 6.30. The van der Waals surface area contributed by atoms with Crippen molar-refractivity contribution in [3.05, 3.63) is 59.2 Å². The first-order valence-electron chi connectivity index (χ1n) is 12.8. The summed E-state index contributed by atoms with van der Waals surface area (Å²) in [6, 6.07) is 14.0. The Morgan fingerprint density at radius 2 is 1.74 bits per heavy atom. The number of hydrogen-bond donors (Lipinski definition) is 0. The Morgan fingerprint density at radius 3 is 2.40 bits per heavy atom. The number of carbonyl (C=O) groups is 2. The number of amides is 2. The summed E-state index contributed by atoms with van der Waals surface area (Å²) in [7, 11) is 0. The van der Waals surface area contributed by atoms with Crippen LogP contribution in [0.1, 0.15) is 50.5 Å². The number of rotatable bonds is 6. The van der Waals surface area contributed by atoms with Gasteiger partial charge in [-0.15, -0.1) is 0 Å². The summed E-state index contributed by atoms with van der Waals surface area (Å²) in [6.07, 6.45) is 6.01. The average molecular weight is 496 g/mol. The number of piperidine rings is 2. The second-order valence-corrected chi connectivity index (χ2v) is 11.0. The van der Waals surface area contributed by atoms with Gasteiger partial charge in [0.15, 0.2) is 0 Å². The SMILES string of the molecule is CC1(C(=O)N2CCC(C(=O)N3CCC(COc4ccc(Cl)cn4)C(c4ccccc4)C3)CC2)CC1. The molecule has 1 aromatic heterocycles. The Hall–Kier alpha value is -2.60. The Labute approximate surface area is 212 Å². The molecule has 1 saturated carbocycles. The van der Waals surface area contributed by atoms with Gasteiger partial charge < -0.3 is 14.5 Å². The standard InChI is InChI=1S/C28H34ClN3O3/c1-28(12-13-28)27(34)31-14-9-21(10-15-31)26(33)32-16-11-22(19-35-25-8-7-23(29)17-30-25)24(18-32)20-5-3-2-4-6-20/h2-8,17,21-22,24H,9-16,18-19H2,1H3. The zero-order valence-electron chi connectivity index (χ0n) is 20.4. The molecule has 1 aliphatic carbocycles. The first-order valence-corrected chi connectivity index (χ1v) is 13.2. The lowest BCUT2D eigenvalue weighted by Gasteiger charge is -2.41. The van der Waals surface area contributed by atoms with E-state index in [1.165, 1.54) is 5.56 Å². The Balaban J connectivity index is 1.21. The Bertz CT molecular complexity index is 1030. The van der Waals surface area contributed by atoms with Gasteiger partial charge >= 0.3 is 0 Å². The van der Waals surface area contributed by atoms with Crippen LogP contribution in [-0.4, -0.2) is 59.4 Å². The lowest BCUT2D eigenvalue weighted by atomic mass is 9.80. The molecule has 3 heterocycles. The number of carbonyl (C=O) groups excluding carboxylic acids is 2. The van der Waals surface area contributed by atoms with Crippen molar-refractivity contribution < 1.29 is 14.3 Å². The highest BCUT2D eigenvalue weighted by Gasteiger charge is 2.48. The van der Waals surface area contributed by atoms with Gasteiger partial charge in [0, 0.05) is 61.6 Å². The fourth-order valence-electron chi connectivity index (χ4n) is 5.49. The molecular formula is C28H34ClN3O3. The van der Waals surface area contributed by atoms with Crippen LogP contribution in [0.4, 0.5) is 0 Å². The van der Waals surface area contributed by atoms with E-state index in [1.807, 2.05) is 11.0 Å². The van der Waals surface area contributed by atoms with Crippen LogP contribution in [0.25, 0.3) is 0 Å². The molecule has 186 valence electrons. The van der Waals surface area contributed by atoms with Crippen LogP contribution in [-0.2, 0) is 9.59 Å². The first-order chi connectivity index (χ1) is 16.9. The van der Waals surface area contributed by atoms with Crippen molar-refractivity contribution >= 4 is 23.4 Å². The number of benzene rings is 1. The molecule has 0 N–H and O–H groups in total. The van der Waals surface area contributed by atoms with E-state index in [0.717, 1.165) is 38.6 Å². The van der Waals surface area contributed by atoms with Gasteiger partial charge in [0.25, 0.3) is 0 Å². The number of halogens is 1. The van der Waals surface area contributed by atoms with Gasteiger partial charge in [-0.05, 0) is 43.7 Å². The van der Waals surface area contributed by atoms with E-state index >= 15 is 0 Å². The zero-order chi connectivity index (χ0) is 24.4. The van der Waals surface area contributed by atoms with E-state index in [9.17, 15) is 9.59 Å². The third kappa shape index (κ3) is 5.48. The third-order valence-electron chi connectivity index (χ3n) is 8.09. The minimum atomic E-state index is -0.134. The number of nitrogens with zero attached hydrogens (tertiary/aromatic N) is 3. The summed E-state index contributed by atoms with van der Waals surface area (Å²) < 4.78 is 6.02. The smallest absolute Gasteiger partial charge is 0.228 e. The summed E-state index contributed by atoms with van der Waals surface area (Å²) in [5, 5.41) is 0.586. The highest BCUT2D eigenvalue weighted by atomic mass is 35.5. The molecule has 2 aromatic rings. The van der Waals surface area contributed by atoms with Crippen molar-refractivity contribution in [1.82, 2.24) is 14.8 Å². The molecule has 3 aliphatic rings. The zero-order valence-corrected chi connectivity index (χ0v) is 21.1. The summed E-state index contributed by atoms with van der Waals surface area (Å²) in [5.74, 6) is 1.60. The molecule has 2 saturated heterocycles. The topological polar surface area (TPSA) is 62.7 Å². The second kappa shape index (κ2) is 10.2. The quantitative estimate of drug-likeness (QED) is 0.578. The summed E-state index contributed by atoms with van der Waals surface area (Å²) in [5.41, 5.74) is 1.10. The van der Waals surface area contributed by atoms with E-state index in [-0.39, 0.29) is 35.0 Å². The molecule has 5 rings (SSSR count).